The summed E-state index contributed by atoms with van der Waals surface area (Å²) in [6.07, 6.45) is -0.425. The Morgan fingerprint density at radius 3 is 2.65 bits per heavy atom. The summed E-state index contributed by atoms with van der Waals surface area (Å²) in [7, 11) is 3.63. The number of methoxy groups -OCH3 is 1. The molecule has 0 aliphatic rings. The third-order valence-corrected chi connectivity index (χ3v) is 3.34. The van der Waals surface area contributed by atoms with Crippen LogP contribution in [0.1, 0.15) is 26.3 Å². The second kappa shape index (κ2) is 8.74. The van der Waals surface area contributed by atoms with Crippen LogP contribution in [-0.4, -0.2) is 49.9 Å². The standard InChI is InChI=1S/C17H29N3O3/c1-17(2,3)23-16(21)19-11-14(10-18)20(4)12-13-7-6-8-15(9-13)22-5/h6-9,14H,10-12,18H2,1-5H3,(H,19,21). The van der Waals surface area contributed by atoms with Crippen molar-refractivity contribution in [1.29, 1.82) is 0 Å². The number of hydrogen-bond donors (Lipinski definition) is 2. The molecule has 0 saturated heterocycles. The van der Waals surface area contributed by atoms with E-state index in [4.69, 9.17) is 15.2 Å². The Hall–Kier alpha value is -1.79. The predicted octanol–water partition coefficient (Wildman–Crippen LogP) is 1.98. The number of nitrogens with one attached hydrogen (secondary N) is 1. The Balaban J connectivity index is 2.54. The van der Waals surface area contributed by atoms with Gasteiger partial charge in [0, 0.05) is 25.7 Å². The van der Waals surface area contributed by atoms with Gasteiger partial charge in [-0.15, -0.1) is 0 Å². The van der Waals surface area contributed by atoms with E-state index in [1.54, 1.807) is 7.11 Å². The molecule has 0 heterocycles. The molecule has 6 nitrogen and oxygen atoms in total. The van der Waals surface area contributed by atoms with E-state index in [1.165, 1.54) is 0 Å². The Kier molecular flexibility index (Phi) is 7.32. The minimum Gasteiger partial charge on any atom is -0.497 e. The largest absolute Gasteiger partial charge is 0.497 e. The highest BCUT2D eigenvalue weighted by Gasteiger charge is 2.19. The molecule has 0 aliphatic carbocycles. The number of likely N-dealkylation sites (N-methyl/N-ethyl adjacent to an activating group) is 1. The van der Waals surface area contributed by atoms with Crippen LogP contribution in [-0.2, 0) is 11.3 Å². The molecule has 6 heteroatoms. The maximum Gasteiger partial charge on any atom is 0.407 e. The smallest absolute Gasteiger partial charge is 0.407 e. The number of rotatable bonds is 7. The number of alkyl carbamates (subject to hydrolysis) is 1. The first kappa shape index (κ1) is 19.3. The second-order valence-corrected chi connectivity index (χ2v) is 6.54. The normalized spacial score (nSPS) is 12.8. The third kappa shape index (κ3) is 7.34. The lowest BCUT2D eigenvalue weighted by molar-refractivity contribution is 0.0511. The quantitative estimate of drug-likeness (QED) is 0.802. The number of amides is 1. The van der Waals surface area contributed by atoms with Crippen LogP contribution in [0.25, 0.3) is 0 Å². The molecule has 23 heavy (non-hydrogen) atoms. The lowest BCUT2D eigenvalue weighted by Crippen LogP contribution is -2.47. The molecular formula is C17H29N3O3. The van der Waals surface area contributed by atoms with Gasteiger partial charge in [-0.1, -0.05) is 12.1 Å². The molecule has 0 aliphatic heterocycles. The highest BCUT2D eigenvalue weighted by atomic mass is 16.6. The molecule has 1 aromatic carbocycles. The maximum atomic E-state index is 11.7. The molecule has 1 amide bonds. The molecular weight excluding hydrogens is 294 g/mol. The van der Waals surface area contributed by atoms with Gasteiger partial charge >= 0.3 is 6.09 Å². The van der Waals surface area contributed by atoms with Crippen LogP contribution in [0.5, 0.6) is 5.75 Å². The topological polar surface area (TPSA) is 76.8 Å². The third-order valence-electron chi connectivity index (χ3n) is 3.34. The summed E-state index contributed by atoms with van der Waals surface area (Å²) in [6.45, 7) is 7.10. The van der Waals surface area contributed by atoms with E-state index < -0.39 is 11.7 Å². The average molecular weight is 323 g/mol. The molecule has 0 aromatic heterocycles. The molecule has 130 valence electrons. The number of nitrogens with two attached hydrogens (primary N) is 1. The first-order valence-corrected chi connectivity index (χ1v) is 7.75. The fourth-order valence-electron chi connectivity index (χ4n) is 2.12. The summed E-state index contributed by atoms with van der Waals surface area (Å²) in [5, 5.41) is 2.77. The van der Waals surface area contributed by atoms with Gasteiger partial charge in [0.1, 0.15) is 11.4 Å². The molecule has 1 unspecified atom stereocenters. The van der Waals surface area contributed by atoms with Gasteiger partial charge in [-0.25, -0.2) is 4.79 Å². The number of hydrogen-bond acceptors (Lipinski definition) is 5. The Morgan fingerprint density at radius 1 is 1.39 bits per heavy atom. The maximum absolute atomic E-state index is 11.7. The van der Waals surface area contributed by atoms with E-state index in [-0.39, 0.29) is 6.04 Å². The zero-order chi connectivity index (χ0) is 17.5. The van der Waals surface area contributed by atoms with E-state index >= 15 is 0 Å². The lowest BCUT2D eigenvalue weighted by atomic mass is 10.1. The van der Waals surface area contributed by atoms with Gasteiger partial charge in [0.2, 0.25) is 0 Å². The molecule has 1 atom stereocenters. The van der Waals surface area contributed by atoms with Crippen molar-refractivity contribution in [3.8, 4) is 5.75 Å². The van der Waals surface area contributed by atoms with E-state index in [9.17, 15) is 4.79 Å². The molecule has 0 radical (unpaired) electrons. The van der Waals surface area contributed by atoms with Crippen LogP contribution in [0.3, 0.4) is 0 Å². The highest BCUT2D eigenvalue weighted by Crippen LogP contribution is 2.14. The Morgan fingerprint density at radius 2 is 2.09 bits per heavy atom. The average Bonchev–Trinajstić information content (AvgIpc) is 2.46. The van der Waals surface area contributed by atoms with E-state index in [0.29, 0.717) is 13.1 Å². The fraction of sp³-hybridized carbons (Fsp3) is 0.588. The SMILES string of the molecule is COc1cccc(CN(C)C(CN)CNC(=O)OC(C)(C)C)c1. The van der Waals surface area contributed by atoms with E-state index in [1.807, 2.05) is 52.1 Å². The van der Waals surface area contributed by atoms with Crippen LogP contribution in [0.4, 0.5) is 4.79 Å². The van der Waals surface area contributed by atoms with Gasteiger partial charge in [-0.3, -0.25) is 4.90 Å². The molecule has 3 N–H and O–H groups in total. The highest BCUT2D eigenvalue weighted by molar-refractivity contribution is 5.67. The van der Waals surface area contributed by atoms with Crippen LogP contribution >= 0.6 is 0 Å². The minimum atomic E-state index is -0.505. The first-order valence-electron chi connectivity index (χ1n) is 7.75. The lowest BCUT2D eigenvalue weighted by Gasteiger charge is -2.28. The van der Waals surface area contributed by atoms with Gasteiger partial charge in [-0.05, 0) is 45.5 Å². The number of carbonyl (C=O) groups excluding carboxylic acids is 1. The van der Waals surface area contributed by atoms with Crippen molar-refractivity contribution in [3.05, 3.63) is 29.8 Å². The molecule has 1 aromatic rings. The van der Waals surface area contributed by atoms with Gasteiger partial charge in [-0.2, -0.15) is 0 Å². The zero-order valence-electron chi connectivity index (χ0n) is 14.8. The van der Waals surface area contributed by atoms with Crippen molar-refractivity contribution < 1.29 is 14.3 Å². The van der Waals surface area contributed by atoms with Gasteiger partial charge < -0.3 is 20.5 Å². The summed E-state index contributed by atoms with van der Waals surface area (Å²) in [5.74, 6) is 0.826. The zero-order valence-corrected chi connectivity index (χ0v) is 14.8. The van der Waals surface area contributed by atoms with Crippen molar-refractivity contribution in [3.63, 3.8) is 0 Å². The van der Waals surface area contributed by atoms with Crippen LogP contribution in [0, 0.1) is 0 Å². The molecule has 0 spiro atoms. The first-order chi connectivity index (χ1) is 10.7. The minimum absolute atomic E-state index is 0.0220. The fourth-order valence-corrected chi connectivity index (χ4v) is 2.12. The molecule has 0 saturated carbocycles. The number of ether oxygens (including phenoxy) is 2. The summed E-state index contributed by atoms with van der Waals surface area (Å²) >= 11 is 0. The van der Waals surface area contributed by atoms with Crippen molar-refractivity contribution in [2.45, 2.75) is 39.0 Å². The van der Waals surface area contributed by atoms with Crippen molar-refractivity contribution >= 4 is 6.09 Å². The van der Waals surface area contributed by atoms with Crippen molar-refractivity contribution in [1.82, 2.24) is 10.2 Å². The summed E-state index contributed by atoms with van der Waals surface area (Å²) < 4.78 is 10.5. The van der Waals surface area contributed by atoms with Gasteiger partial charge in [0.15, 0.2) is 0 Å². The summed E-state index contributed by atoms with van der Waals surface area (Å²) in [5.41, 5.74) is 6.46. The van der Waals surface area contributed by atoms with Gasteiger partial charge in [0.05, 0.1) is 7.11 Å². The number of benzene rings is 1. The summed E-state index contributed by atoms with van der Waals surface area (Å²) in [4.78, 5) is 13.8. The van der Waals surface area contributed by atoms with E-state index in [2.05, 4.69) is 10.2 Å². The van der Waals surface area contributed by atoms with E-state index in [0.717, 1.165) is 17.9 Å². The van der Waals surface area contributed by atoms with Crippen molar-refractivity contribution in [2.24, 2.45) is 5.73 Å². The molecule has 1 rings (SSSR count). The van der Waals surface area contributed by atoms with Crippen LogP contribution < -0.4 is 15.8 Å². The van der Waals surface area contributed by atoms with Crippen LogP contribution in [0.15, 0.2) is 24.3 Å². The van der Waals surface area contributed by atoms with Crippen molar-refractivity contribution in [2.75, 3.05) is 27.2 Å². The summed E-state index contributed by atoms with van der Waals surface area (Å²) in [6, 6.07) is 7.92. The number of carbonyl (C=O) groups is 1. The Bertz CT molecular complexity index is 500. The number of nitrogens with zero attached hydrogens (tertiary/aromatic N) is 1. The monoisotopic (exact) mass is 323 g/mol. The molecule has 0 fully saturated rings. The molecule has 0 bridgehead atoms. The van der Waals surface area contributed by atoms with Crippen LogP contribution in [0.2, 0.25) is 0 Å². The Labute approximate surface area is 138 Å². The van der Waals surface area contributed by atoms with Gasteiger partial charge in [0.25, 0.3) is 0 Å². The second-order valence-electron chi connectivity index (χ2n) is 6.54. The predicted molar refractivity (Wildman–Crippen MR) is 91.5 cm³/mol.